The topological polar surface area (TPSA) is 98.2 Å². The lowest BCUT2D eigenvalue weighted by Crippen LogP contribution is -2.38. The predicted molar refractivity (Wildman–Crippen MR) is 71.5 cm³/mol. The van der Waals surface area contributed by atoms with E-state index >= 15 is 0 Å². The van der Waals surface area contributed by atoms with E-state index in [0.717, 1.165) is 17.3 Å². The first kappa shape index (κ1) is 12.5. The number of hydrogen-bond acceptors (Lipinski definition) is 5. The fourth-order valence-electron chi connectivity index (χ4n) is 1.84. The molecule has 0 spiro atoms. The highest BCUT2D eigenvalue weighted by molar-refractivity contribution is 9.10. The molecule has 1 aliphatic rings. The molecule has 1 unspecified atom stereocenters. The number of rotatable bonds is 4. The van der Waals surface area contributed by atoms with E-state index in [-0.39, 0.29) is 17.8 Å². The van der Waals surface area contributed by atoms with Gasteiger partial charge in [0, 0.05) is 25.0 Å². The van der Waals surface area contributed by atoms with Crippen molar-refractivity contribution in [3.63, 3.8) is 0 Å². The molecular weight excluding hydrogens is 312 g/mol. The van der Waals surface area contributed by atoms with Gasteiger partial charge in [-0.2, -0.15) is 4.98 Å². The summed E-state index contributed by atoms with van der Waals surface area (Å²) in [6.45, 7) is 0.455. The van der Waals surface area contributed by atoms with Crippen LogP contribution in [0.4, 0.5) is 0 Å². The average molecular weight is 325 g/mol. The summed E-state index contributed by atoms with van der Waals surface area (Å²) in [7, 11) is 0. The smallest absolute Gasteiger partial charge is 0.291 e. The Balaban J connectivity index is 1.70. The third kappa shape index (κ3) is 2.74. The molecule has 1 atom stereocenters. The number of nitrogens with two attached hydrogens (primary N) is 1. The number of aromatic nitrogens is 4. The normalized spacial score (nSPS) is 16.5. The molecule has 0 radical (unpaired) electrons. The van der Waals surface area contributed by atoms with Crippen molar-refractivity contribution >= 4 is 27.6 Å². The summed E-state index contributed by atoms with van der Waals surface area (Å²) in [5.41, 5.74) is 5.92. The van der Waals surface area contributed by atoms with Crippen molar-refractivity contribution in [2.45, 2.75) is 18.9 Å². The Hall–Kier alpha value is -1.54. The third-order valence-corrected chi connectivity index (χ3v) is 3.50. The van der Waals surface area contributed by atoms with E-state index in [1.54, 1.807) is 12.4 Å². The molecule has 1 fully saturated rings. The van der Waals surface area contributed by atoms with Crippen molar-refractivity contribution in [3.8, 4) is 0 Å². The number of nitrogens with zero attached hydrogens (tertiary/aromatic N) is 4. The first-order chi connectivity index (χ1) is 9.13. The minimum absolute atomic E-state index is 0.0215. The maximum Gasteiger partial charge on any atom is 0.291 e. The first-order valence-corrected chi connectivity index (χ1v) is 6.84. The van der Waals surface area contributed by atoms with Gasteiger partial charge < -0.3 is 11.1 Å². The van der Waals surface area contributed by atoms with Gasteiger partial charge in [-0.25, -0.2) is 9.50 Å². The minimum Gasteiger partial charge on any atom is -0.348 e. The molecule has 100 valence electrons. The van der Waals surface area contributed by atoms with Crippen LogP contribution >= 0.6 is 15.9 Å². The second-order valence-corrected chi connectivity index (χ2v) is 5.58. The zero-order chi connectivity index (χ0) is 13.4. The third-order valence-electron chi connectivity index (χ3n) is 3.09. The van der Waals surface area contributed by atoms with E-state index in [0.29, 0.717) is 18.2 Å². The van der Waals surface area contributed by atoms with E-state index in [9.17, 15) is 4.79 Å². The molecule has 3 rings (SSSR count). The molecule has 0 bridgehead atoms. The van der Waals surface area contributed by atoms with Gasteiger partial charge in [0.1, 0.15) is 0 Å². The van der Waals surface area contributed by atoms with E-state index in [4.69, 9.17) is 5.73 Å². The Kier molecular flexibility index (Phi) is 3.19. The SMILES string of the molecule is NC(CNC(=O)c1nc2ncc(Br)cn2n1)C1CC1. The van der Waals surface area contributed by atoms with Gasteiger partial charge >= 0.3 is 0 Å². The van der Waals surface area contributed by atoms with Gasteiger partial charge in [-0.05, 0) is 34.7 Å². The second kappa shape index (κ2) is 4.86. The number of nitrogens with one attached hydrogen (secondary N) is 1. The van der Waals surface area contributed by atoms with E-state index in [2.05, 4.69) is 36.3 Å². The predicted octanol–water partition coefficient (Wildman–Crippen LogP) is 0.354. The summed E-state index contributed by atoms with van der Waals surface area (Å²) >= 11 is 3.28. The van der Waals surface area contributed by atoms with Gasteiger partial charge in [0.25, 0.3) is 11.7 Å². The monoisotopic (exact) mass is 324 g/mol. The number of fused-ring (bicyclic) bond motifs is 1. The zero-order valence-electron chi connectivity index (χ0n) is 10.1. The first-order valence-electron chi connectivity index (χ1n) is 6.05. The number of carbonyl (C=O) groups is 1. The lowest BCUT2D eigenvalue weighted by molar-refractivity contribution is 0.0940. The highest BCUT2D eigenvalue weighted by Gasteiger charge is 2.28. The van der Waals surface area contributed by atoms with Crippen molar-refractivity contribution < 1.29 is 4.79 Å². The quantitative estimate of drug-likeness (QED) is 0.845. The number of carbonyl (C=O) groups excluding carboxylic acids is 1. The number of halogens is 1. The van der Waals surface area contributed by atoms with Crippen LogP contribution in [0.5, 0.6) is 0 Å². The number of hydrogen-bond donors (Lipinski definition) is 2. The van der Waals surface area contributed by atoms with Crippen LogP contribution in [0.15, 0.2) is 16.9 Å². The van der Waals surface area contributed by atoms with Crippen molar-refractivity contribution in [1.82, 2.24) is 24.9 Å². The van der Waals surface area contributed by atoms with Gasteiger partial charge in [-0.3, -0.25) is 4.79 Å². The summed E-state index contributed by atoms with van der Waals surface area (Å²) in [4.78, 5) is 20.0. The summed E-state index contributed by atoms with van der Waals surface area (Å²) in [5.74, 6) is 0.720. The molecule has 1 saturated carbocycles. The fourth-order valence-corrected chi connectivity index (χ4v) is 2.13. The van der Waals surface area contributed by atoms with Crippen molar-refractivity contribution in [1.29, 1.82) is 0 Å². The Morgan fingerprint density at radius 2 is 2.42 bits per heavy atom. The summed E-state index contributed by atoms with van der Waals surface area (Å²) in [6, 6.07) is 0.0215. The maximum atomic E-state index is 11.9. The lowest BCUT2D eigenvalue weighted by Gasteiger charge is -2.09. The van der Waals surface area contributed by atoms with Crippen LogP contribution in [0.2, 0.25) is 0 Å². The minimum atomic E-state index is -0.322. The molecule has 3 N–H and O–H groups in total. The van der Waals surface area contributed by atoms with Crippen LogP contribution in [-0.4, -0.2) is 38.1 Å². The van der Waals surface area contributed by atoms with Crippen LogP contribution in [0.25, 0.3) is 5.78 Å². The van der Waals surface area contributed by atoms with Crippen LogP contribution in [0.1, 0.15) is 23.5 Å². The van der Waals surface area contributed by atoms with Crippen molar-refractivity contribution in [2.75, 3.05) is 6.54 Å². The van der Waals surface area contributed by atoms with Crippen LogP contribution in [0, 0.1) is 5.92 Å². The lowest BCUT2D eigenvalue weighted by atomic mass is 10.2. The second-order valence-electron chi connectivity index (χ2n) is 4.66. The van der Waals surface area contributed by atoms with Crippen LogP contribution < -0.4 is 11.1 Å². The van der Waals surface area contributed by atoms with Crippen molar-refractivity contribution in [3.05, 3.63) is 22.7 Å². The molecule has 7 nitrogen and oxygen atoms in total. The van der Waals surface area contributed by atoms with Crippen LogP contribution in [0.3, 0.4) is 0 Å². The molecule has 1 amide bonds. The molecule has 0 saturated heterocycles. The Bertz CT molecular complexity index is 623. The molecule has 0 aromatic carbocycles. The largest absolute Gasteiger partial charge is 0.348 e. The Labute approximate surface area is 117 Å². The summed E-state index contributed by atoms with van der Waals surface area (Å²) in [5, 5.41) is 6.83. The molecule has 2 aromatic rings. The molecule has 19 heavy (non-hydrogen) atoms. The highest BCUT2D eigenvalue weighted by Crippen LogP contribution is 2.31. The summed E-state index contributed by atoms with van der Waals surface area (Å²) < 4.78 is 2.23. The Morgan fingerprint density at radius 1 is 1.63 bits per heavy atom. The van der Waals surface area contributed by atoms with Gasteiger partial charge in [-0.15, -0.1) is 5.10 Å². The maximum absolute atomic E-state index is 11.9. The van der Waals surface area contributed by atoms with Gasteiger partial charge in [0.2, 0.25) is 5.82 Å². The van der Waals surface area contributed by atoms with E-state index < -0.39 is 0 Å². The van der Waals surface area contributed by atoms with Gasteiger partial charge in [-0.1, -0.05) is 0 Å². The van der Waals surface area contributed by atoms with E-state index in [1.165, 1.54) is 4.52 Å². The molecule has 1 aliphatic carbocycles. The fraction of sp³-hybridized carbons (Fsp3) is 0.455. The van der Waals surface area contributed by atoms with Gasteiger partial charge in [0.15, 0.2) is 0 Å². The highest BCUT2D eigenvalue weighted by atomic mass is 79.9. The molecule has 2 heterocycles. The molecule has 8 heteroatoms. The van der Waals surface area contributed by atoms with E-state index in [1.807, 2.05) is 0 Å². The average Bonchev–Trinajstić information content (AvgIpc) is 3.15. The summed E-state index contributed by atoms with van der Waals surface area (Å²) in [6.07, 6.45) is 5.61. The van der Waals surface area contributed by atoms with Crippen molar-refractivity contribution in [2.24, 2.45) is 11.7 Å². The van der Waals surface area contributed by atoms with Crippen LogP contribution in [-0.2, 0) is 0 Å². The van der Waals surface area contributed by atoms with Gasteiger partial charge in [0.05, 0.1) is 4.47 Å². The molecular formula is C11H13BrN6O. The Morgan fingerprint density at radius 3 is 3.16 bits per heavy atom. The number of amides is 1. The molecule has 2 aromatic heterocycles. The standard InChI is InChI=1S/C11H13BrN6O/c12-7-3-15-11-16-9(17-18(11)5-7)10(19)14-4-8(13)6-1-2-6/h3,5-6,8H,1-2,4,13H2,(H,14,19). The zero-order valence-corrected chi connectivity index (χ0v) is 11.7. The molecule has 0 aliphatic heterocycles.